The van der Waals surface area contributed by atoms with Crippen molar-refractivity contribution in [3.05, 3.63) is 66.1 Å². The fourth-order valence-electron chi connectivity index (χ4n) is 1.55. The summed E-state index contributed by atoms with van der Waals surface area (Å²) < 4.78 is 3.25. The van der Waals surface area contributed by atoms with Crippen molar-refractivity contribution in [2.75, 3.05) is 0 Å². The summed E-state index contributed by atoms with van der Waals surface area (Å²) in [7, 11) is 0. The van der Waals surface area contributed by atoms with Crippen LogP contribution in [0.1, 0.15) is 16.5 Å². The molecule has 0 nitrogen and oxygen atoms in total. The molecule has 0 heterocycles. The van der Waals surface area contributed by atoms with Gasteiger partial charge >= 0.3 is 0 Å². The number of benzene rings is 2. The molecule has 0 N–H and O–H groups in total. The standard InChI is InChI=1S/C13H8Br2ClI/c14-9-4-5-12(15)11(7-9)13(16)8-2-1-3-10(17)6-8/h1-7,13H. The minimum atomic E-state index is -0.142. The molecule has 0 radical (unpaired) electrons. The van der Waals surface area contributed by atoms with Crippen molar-refractivity contribution in [3.8, 4) is 0 Å². The molecule has 88 valence electrons. The Morgan fingerprint density at radius 1 is 1.06 bits per heavy atom. The van der Waals surface area contributed by atoms with Gasteiger partial charge in [-0.3, -0.25) is 0 Å². The molecule has 0 bridgehead atoms. The molecule has 0 fully saturated rings. The monoisotopic (exact) mass is 484 g/mol. The van der Waals surface area contributed by atoms with Crippen LogP contribution in [0.3, 0.4) is 0 Å². The quantitative estimate of drug-likeness (QED) is 0.353. The van der Waals surface area contributed by atoms with E-state index in [1.807, 2.05) is 30.3 Å². The molecule has 0 aromatic heterocycles. The number of hydrogen-bond acceptors (Lipinski definition) is 0. The van der Waals surface area contributed by atoms with Crippen LogP contribution >= 0.6 is 66.1 Å². The largest absolute Gasteiger partial charge is 0.113 e. The second-order valence-corrected chi connectivity index (χ2v) is 7.04. The van der Waals surface area contributed by atoms with Gasteiger partial charge in [-0.1, -0.05) is 44.0 Å². The summed E-state index contributed by atoms with van der Waals surface area (Å²) in [5, 5.41) is -0.142. The van der Waals surface area contributed by atoms with Crippen molar-refractivity contribution in [3.63, 3.8) is 0 Å². The van der Waals surface area contributed by atoms with Gasteiger partial charge in [0.05, 0.1) is 5.38 Å². The number of halogens is 4. The van der Waals surface area contributed by atoms with Crippen LogP contribution in [0.2, 0.25) is 0 Å². The lowest BCUT2D eigenvalue weighted by Gasteiger charge is -2.13. The summed E-state index contributed by atoms with van der Waals surface area (Å²) in [4.78, 5) is 0. The molecule has 0 aliphatic heterocycles. The molecule has 0 aliphatic rings. The zero-order chi connectivity index (χ0) is 12.4. The number of hydrogen-bond donors (Lipinski definition) is 0. The lowest BCUT2D eigenvalue weighted by atomic mass is 10.0. The molecular formula is C13H8Br2ClI. The van der Waals surface area contributed by atoms with E-state index in [9.17, 15) is 0 Å². The predicted molar refractivity (Wildman–Crippen MR) is 88.7 cm³/mol. The second kappa shape index (κ2) is 6.04. The van der Waals surface area contributed by atoms with Gasteiger partial charge in [-0.25, -0.2) is 0 Å². The minimum Gasteiger partial charge on any atom is -0.113 e. The Morgan fingerprint density at radius 3 is 2.53 bits per heavy atom. The van der Waals surface area contributed by atoms with Crippen LogP contribution in [0.5, 0.6) is 0 Å². The maximum atomic E-state index is 6.53. The van der Waals surface area contributed by atoms with Crippen molar-refractivity contribution in [2.45, 2.75) is 5.38 Å². The third-order valence-electron chi connectivity index (χ3n) is 2.37. The van der Waals surface area contributed by atoms with E-state index < -0.39 is 0 Å². The van der Waals surface area contributed by atoms with Crippen molar-refractivity contribution >= 4 is 66.1 Å². The first-order valence-corrected chi connectivity index (χ1v) is 8.02. The summed E-state index contributed by atoms with van der Waals surface area (Å²) in [6.07, 6.45) is 0. The predicted octanol–water partition coefficient (Wildman–Crippen LogP) is 6.14. The third kappa shape index (κ3) is 3.46. The summed E-state index contributed by atoms with van der Waals surface area (Å²) in [6.45, 7) is 0. The second-order valence-electron chi connectivity index (χ2n) is 3.58. The molecule has 2 aromatic rings. The lowest BCUT2D eigenvalue weighted by Crippen LogP contribution is -1.95. The zero-order valence-corrected chi connectivity index (χ0v) is 14.7. The molecule has 0 spiro atoms. The first kappa shape index (κ1) is 13.8. The highest BCUT2D eigenvalue weighted by molar-refractivity contribution is 14.1. The highest BCUT2D eigenvalue weighted by Crippen LogP contribution is 2.35. The zero-order valence-electron chi connectivity index (χ0n) is 8.63. The SMILES string of the molecule is ClC(c1cccc(I)c1)c1cc(Br)ccc1Br. The Bertz CT molecular complexity index is 543. The smallest absolute Gasteiger partial charge is 0.0847 e. The van der Waals surface area contributed by atoms with Gasteiger partial charge in [0.15, 0.2) is 0 Å². The Morgan fingerprint density at radius 2 is 1.82 bits per heavy atom. The molecule has 0 aliphatic carbocycles. The van der Waals surface area contributed by atoms with Gasteiger partial charge in [-0.2, -0.15) is 0 Å². The Balaban J connectivity index is 2.43. The van der Waals surface area contributed by atoms with Crippen molar-refractivity contribution in [1.29, 1.82) is 0 Å². The molecule has 2 rings (SSSR count). The van der Waals surface area contributed by atoms with E-state index in [4.69, 9.17) is 11.6 Å². The Kier molecular flexibility index (Phi) is 4.92. The molecular weight excluding hydrogens is 478 g/mol. The van der Waals surface area contributed by atoms with Gasteiger partial charge in [-0.05, 0) is 64.0 Å². The highest BCUT2D eigenvalue weighted by atomic mass is 127. The van der Waals surface area contributed by atoms with Crippen LogP contribution in [-0.4, -0.2) is 0 Å². The lowest BCUT2D eigenvalue weighted by molar-refractivity contribution is 1.12. The molecule has 2 aromatic carbocycles. The molecule has 0 saturated carbocycles. The van der Waals surface area contributed by atoms with Crippen LogP contribution < -0.4 is 0 Å². The maximum absolute atomic E-state index is 6.53. The van der Waals surface area contributed by atoms with Crippen molar-refractivity contribution in [2.24, 2.45) is 0 Å². The van der Waals surface area contributed by atoms with Gasteiger partial charge in [0, 0.05) is 12.5 Å². The average molecular weight is 486 g/mol. The van der Waals surface area contributed by atoms with Crippen molar-refractivity contribution < 1.29 is 0 Å². The van der Waals surface area contributed by atoms with Gasteiger partial charge in [0.25, 0.3) is 0 Å². The Labute approximate surface area is 136 Å². The Hall–Kier alpha value is 0.420. The van der Waals surface area contributed by atoms with Gasteiger partial charge < -0.3 is 0 Å². The molecule has 1 atom stereocenters. The first-order chi connectivity index (χ1) is 8.08. The van der Waals surface area contributed by atoms with Crippen LogP contribution in [-0.2, 0) is 0 Å². The van der Waals surface area contributed by atoms with E-state index in [2.05, 4.69) is 66.6 Å². The fraction of sp³-hybridized carbons (Fsp3) is 0.0769. The number of rotatable bonds is 2. The average Bonchev–Trinajstić information content (AvgIpc) is 2.31. The summed E-state index contributed by atoms with van der Waals surface area (Å²) >= 11 is 15.8. The van der Waals surface area contributed by atoms with Gasteiger partial charge in [0.1, 0.15) is 0 Å². The van der Waals surface area contributed by atoms with E-state index in [1.54, 1.807) is 0 Å². The van der Waals surface area contributed by atoms with E-state index in [-0.39, 0.29) is 5.38 Å². The highest BCUT2D eigenvalue weighted by Gasteiger charge is 2.14. The van der Waals surface area contributed by atoms with Crippen molar-refractivity contribution in [1.82, 2.24) is 0 Å². The summed E-state index contributed by atoms with van der Waals surface area (Å²) in [5.74, 6) is 0. The topological polar surface area (TPSA) is 0 Å². The summed E-state index contributed by atoms with van der Waals surface area (Å²) in [5.41, 5.74) is 2.18. The van der Waals surface area contributed by atoms with Crippen LogP contribution in [0.4, 0.5) is 0 Å². The minimum absolute atomic E-state index is 0.142. The van der Waals surface area contributed by atoms with Crippen LogP contribution in [0.25, 0.3) is 0 Å². The van der Waals surface area contributed by atoms with Gasteiger partial charge in [0.2, 0.25) is 0 Å². The van der Waals surface area contributed by atoms with Gasteiger partial charge in [-0.15, -0.1) is 11.6 Å². The van der Waals surface area contributed by atoms with E-state index in [0.29, 0.717) is 0 Å². The van der Waals surface area contributed by atoms with Crippen LogP contribution in [0, 0.1) is 3.57 Å². The summed E-state index contributed by atoms with van der Waals surface area (Å²) in [6, 6.07) is 14.3. The number of alkyl halides is 1. The maximum Gasteiger partial charge on any atom is 0.0847 e. The molecule has 0 saturated heterocycles. The molecule has 0 amide bonds. The normalized spacial score (nSPS) is 12.5. The van der Waals surface area contributed by atoms with E-state index >= 15 is 0 Å². The fourth-order valence-corrected chi connectivity index (χ4v) is 3.42. The molecule has 4 heteroatoms. The molecule has 17 heavy (non-hydrogen) atoms. The van der Waals surface area contributed by atoms with E-state index in [0.717, 1.165) is 20.1 Å². The van der Waals surface area contributed by atoms with Crippen LogP contribution in [0.15, 0.2) is 51.4 Å². The first-order valence-electron chi connectivity index (χ1n) is 4.92. The molecule has 1 unspecified atom stereocenters. The third-order valence-corrected chi connectivity index (χ3v) is 4.75. The van der Waals surface area contributed by atoms with E-state index in [1.165, 1.54) is 3.57 Å².